The Bertz CT molecular complexity index is 382. The van der Waals surface area contributed by atoms with Gasteiger partial charge in [-0.2, -0.15) is 0 Å². The number of pyridine rings is 1. The van der Waals surface area contributed by atoms with Gasteiger partial charge in [0.1, 0.15) is 4.60 Å². The zero-order valence-electron chi connectivity index (χ0n) is 9.12. The Hall–Kier alpha value is -1.14. The van der Waals surface area contributed by atoms with Crippen LogP contribution >= 0.6 is 15.9 Å². The predicted octanol–water partition coefficient (Wildman–Crippen LogP) is 1.60. The predicted molar refractivity (Wildman–Crippen MR) is 66.4 cm³/mol. The van der Waals surface area contributed by atoms with E-state index in [0.29, 0.717) is 22.7 Å². The van der Waals surface area contributed by atoms with Gasteiger partial charge < -0.3 is 15.7 Å². The number of hydrogen-bond acceptors (Lipinski definition) is 4. The first-order valence-electron chi connectivity index (χ1n) is 4.85. The van der Waals surface area contributed by atoms with Gasteiger partial charge in [-0.3, -0.25) is 4.79 Å². The molecule has 0 saturated carbocycles. The van der Waals surface area contributed by atoms with Crippen LogP contribution < -0.4 is 10.6 Å². The Morgan fingerprint density at radius 2 is 2.31 bits per heavy atom. The molecule has 1 unspecified atom stereocenters. The van der Waals surface area contributed by atoms with Gasteiger partial charge in [0.2, 0.25) is 5.91 Å². The van der Waals surface area contributed by atoms with E-state index in [1.807, 2.05) is 0 Å². The van der Waals surface area contributed by atoms with E-state index in [-0.39, 0.29) is 5.91 Å². The summed E-state index contributed by atoms with van der Waals surface area (Å²) >= 11 is 3.24. The number of carbonyl (C=O) groups excluding carboxylic acids is 1. The molecular weight excluding hydrogens is 274 g/mol. The van der Waals surface area contributed by atoms with Crippen LogP contribution in [-0.2, 0) is 4.79 Å². The summed E-state index contributed by atoms with van der Waals surface area (Å²) in [7, 11) is 0. The number of carbonyl (C=O) groups is 1. The number of anilines is 2. The molecule has 0 bridgehead atoms. The average molecular weight is 288 g/mol. The Kier molecular flexibility index (Phi) is 4.70. The SMILES string of the molecule is CC(=O)Nc1ccc(Br)nc1NCC(C)O. The maximum absolute atomic E-state index is 11.0. The zero-order valence-corrected chi connectivity index (χ0v) is 10.7. The standard InChI is InChI=1S/C10H14BrN3O2/c1-6(15)5-12-10-8(13-7(2)16)3-4-9(11)14-10/h3-4,6,15H,5H2,1-2H3,(H,12,14)(H,13,16). The molecule has 0 aliphatic carbocycles. The van der Waals surface area contributed by atoms with Crippen molar-refractivity contribution in [3.05, 3.63) is 16.7 Å². The molecule has 1 aromatic rings. The monoisotopic (exact) mass is 287 g/mol. The highest BCUT2D eigenvalue weighted by molar-refractivity contribution is 9.10. The van der Waals surface area contributed by atoms with Crippen molar-refractivity contribution in [2.45, 2.75) is 20.0 Å². The number of aliphatic hydroxyl groups is 1. The van der Waals surface area contributed by atoms with Crippen molar-refractivity contribution in [3.63, 3.8) is 0 Å². The van der Waals surface area contributed by atoms with E-state index in [1.54, 1.807) is 19.1 Å². The fourth-order valence-corrected chi connectivity index (χ4v) is 1.41. The molecule has 0 spiro atoms. The Balaban J connectivity index is 2.85. The second-order valence-corrected chi connectivity index (χ2v) is 4.25. The van der Waals surface area contributed by atoms with E-state index >= 15 is 0 Å². The maximum atomic E-state index is 11.0. The molecule has 6 heteroatoms. The summed E-state index contributed by atoms with van der Waals surface area (Å²) in [5, 5.41) is 14.8. The summed E-state index contributed by atoms with van der Waals surface area (Å²) in [4.78, 5) is 15.1. The molecule has 0 fully saturated rings. The van der Waals surface area contributed by atoms with Crippen LogP contribution in [0.2, 0.25) is 0 Å². The second-order valence-electron chi connectivity index (χ2n) is 3.44. The van der Waals surface area contributed by atoms with E-state index in [9.17, 15) is 4.79 Å². The van der Waals surface area contributed by atoms with Crippen LogP contribution in [0.15, 0.2) is 16.7 Å². The molecule has 1 rings (SSSR count). The van der Waals surface area contributed by atoms with Gasteiger partial charge in [-0.05, 0) is 35.0 Å². The molecule has 5 nitrogen and oxygen atoms in total. The second kappa shape index (κ2) is 5.81. The average Bonchev–Trinajstić information content (AvgIpc) is 2.17. The first-order valence-corrected chi connectivity index (χ1v) is 5.64. The van der Waals surface area contributed by atoms with Crippen LogP contribution in [0.4, 0.5) is 11.5 Å². The fraction of sp³-hybridized carbons (Fsp3) is 0.400. The molecule has 1 amide bonds. The maximum Gasteiger partial charge on any atom is 0.221 e. The summed E-state index contributed by atoms with van der Waals surface area (Å²) in [6, 6.07) is 3.47. The quantitative estimate of drug-likeness (QED) is 0.736. The van der Waals surface area contributed by atoms with E-state index < -0.39 is 6.10 Å². The number of nitrogens with one attached hydrogen (secondary N) is 2. The normalized spacial score (nSPS) is 12.0. The minimum absolute atomic E-state index is 0.163. The molecule has 1 heterocycles. The molecule has 0 aliphatic heterocycles. The molecule has 1 atom stereocenters. The van der Waals surface area contributed by atoms with Crippen molar-refractivity contribution >= 4 is 33.3 Å². The lowest BCUT2D eigenvalue weighted by molar-refractivity contribution is -0.114. The Labute approximate surface area is 102 Å². The highest BCUT2D eigenvalue weighted by atomic mass is 79.9. The van der Waals surface area contributed by atoms with Gasteiger partial charge in [0, 0.05) is 13.5 Å². The van der Waals surface area contributed by atoms with E-state index in [2.05, 4.69) is 31.5 Å². The summed E-state index contributed by atoms with van der Waals surface area (Å²) in [5.74, 6) is 0.370. The molecule has 3 N–H and O–H groups in total. The van der Waals surface area contributed by atoms with Crippen LogP contribution in [0.3, 0.4) is 0 Å². The molecule has 88 valence electrons. The Morgan fingerprint density at radius 1 is 1.62 bits per heavy atom. The number of halogens is 1. The van der Waals surface area contributed by atoms with Crippen LogP contribution in [0, 0.1) is 0 Å². The van der Waals surface area contributed by atoms with Gasteiger partial charge in [0.25, 0.3) is 0 Å². The topological polar surface area (TPSA) is 74.2 Å². The van der Waals surface area contributed by atoms with Gasteiger partial charge >= 0.3 is 0 Å². The molecule has 16 heavy (non-hydrogen) atoms. The minimum Gasteiger partial charge on any atom is -0.392 e. The smallest absolute Gasteiger partial charge is 0.221 e. The van der Waals surface area contributed by atoms with Crippen molar-refractivity contribution in [2.75, 3.05) is 17.2 Å². The zero-order chi connectivity index (χ0) is 12.1. The van der Waals surface area contributed by atoms with Gasteiger partial charge in [-0.1, -0.05) is 0 Å². The fourth-order valence-electron chi connectivity index (χ4n) is 1.10. The number of rotatable bonds is 4. The van der Waals surface area contributed by atoms with E-state index in [1.165, 1.54) is 6.92 Å². The van der Waals surface area contributed by atoms with Gasteiger partial charge in [-0.15, -0.1) is 0 Å². The first kappa shape index (κ1) is 12.9. The Morgan fingerprint density at radius 3 is 2.88 bits per heavy atom. The number of hydrogen-bond donors (Lipinski definition) is 3. The largest absolute Gasteiger partial charge is 0.392 e. The molecule has 0 aliphatic rings. The lowest BCUT2D eigenvalue weighted by Crippen LogP contribution is -2.18. The first-order chi connectivity index (χ1) is 7.49. The van der Waals surface area contributed by atoms with Crippen LogP contribution in [0.5, 0.6) is 0 Å². The highest BCUT2D eigenvalue weighted by Crippen LogP contribution is 2.21. The van der Waals surface area contributed by atoms with Crippen molar-refractivity contribution in [3.8, 4) is 0 Å². The van der Waals surface area contributed by atoms with Crippen LogP contribution in [-0.4, -0.2) is 28.6 Å². The minimum atomic E-state index is -0.481. The van der Waals surface area contributed by atoms with Crippen molar-refractivity contribution < 1.29 is 9.90 Å². The molecule has 1 aromatic heterocycles. The van der Waals surface area contributed by atoms with Gasteiger partial charge in [0.05, 0.1) is 11.8 Å². The van der Waals surface area contributed by atoms with Crippen LogP contribution in [0.25, 0.3) is 0 Å². The van der Waals surface area contributed by atoms with Crippen molar-refractivity contribution in [2.24, 2.45) is 0 Å². The van der Waals surface area contributed by atoms with Crippen molar-refractivity contribution in [1.82, 2.24) is 4.98 Å². The van der Waals surface area contributed by atoms with Crippen LogP contribution in [0.1, 0.15) is 13.8 Å². The summed E-state index contributed by atoms with van der Waals surface area (Å²) in [6.07, 6.45) is -0.481. The third-order valence-electron chi connectivity index (χ3n) is 1.74. The third-order valence-corrected chi connectivity index (χ3v) is 2.18. The number of amides is 1. The number of nitrogens with zero attached hydrogens (tertiary/aromatic N) is 1. The lowest BCUT2D eigenvalue weighted by atomic mass is 10.3. The van der Waals surface area contributed by atoms with E-state index in [4.69, 9.17) is 5.11 Å². The highest BCUT2D eigenvalue weighted by Gasteiger charge is 2.07. The number of aliphatic hydroxyl groups excluding tert-OH is 1. The summed E-state index contributed by atoms with van der Waals surface area (Å²) < 4.78 is 0.662. The summed E-state index contributed by atoms with van der Waals surface area (Å²) in [6.45, 7) is 3.47. The molecule has 0 saturated heterocycles. The molecule has 0 aromatic carbocycles. The van der Waals surface area contributed by atoms with Gasteiger partial charge in [-0.25, -0.2) is 4.98 Å². The van der Waals surface area contributed by atoms with E-state index in [0.717, 1.165) is 0 Å². The number of aromatic nitrogens is 1. The third kappa shape index (κ3) is 4.16. The summed E-state index contributed by atoms with van der Waals surface area (Å²) in [5.41, 5.74) is 0.594. The lowest BCUT2D eigenvalue weighted by Gasteiger charge is -2.12. The van der Waals surface area contributed by atoms with Gasteiger partial charge in [0.15, 0.2) is 5.82 Å². The van der Waals surface area contributed by atoms with Crippen molar-refractivity contribution in [1.29, 1.82) is 0 Å². The molecule has 0 radical (unpaired) electrons. The molecular formula is C10H14BrN3O2.